The Bertz CT molecular complexity index is 347. The number of aromatic nitrogens is 2. The molecule has 1 N–H and O–H groups in total. The van der Waals surface area contributed by atoms with E-state index in [1.807, 2.05) is 0 Å². The third kappa shape index (κ3) is 4.09. The second-order valence-corrected chi connectivity index (χ2v) is 5.31. The summed E-state index contributed by atoms with van der Waals surface area (Å²) in [6.07, 6.45) is 8.01. The third-order valence-corrected chi connectivity index (χ3v) is 3.51. The summed E-state index contributed by atoms with van der Waals surface area (Å²) in [6, 6.07) is 0.532. The van der Waals surface area contributed by atoms with E-state index in [2.05, 4.69) is 29.3 Å². The molecule has 0 saturated heterocycles. The van der Waals surface area contributed by atoms with Gasteiger partial charge in [-0.1, -0.05) is 25.4 Å². The van der Waals surface area contributed by atoms with E-state index in [9.17, 15) is 0 Å². The van der Waals surface area contributed by atoms with Gasteiger partial charge in [-0.2, -0.15) is 4.98 Å². The minimum absolute atomic E-state index is 0.532. The number of unbranched alkanes of at least 4 members (excludes halogenated alkanes) is 1. The van der Waals surface area contributed by atoms with Gasteiger partial charge in [-0.05, 0) is 38.1 Å². The van der Waals surface area contributed by atoms with Crippen molar-refractivity contribution in [3.05, 3.63) is 11.7 Å². The summed E-state index contributed by atoms with van der Waals surface area (Å²) in [7, 11) is 0. The van der Waals surface area contributed by atoms with Crippen LogP contribution in [0, 0.1) is 5.92 Å². The first-order chi connectivity index (χ1) is 8.83. The molecular weight excluding hydrogens is 226 g/mol. The number of hydrogen-bond acceptors (Lipinski definition) is 4. The second-order valence-electron chi connectivity index (χ2n) is 5.31. The summed E-state index contributed by atoms with van der Waals surface area (Å²) in [4.78, 5) is 4.49. The van der Waals surface area contributed by atoms with Crippen molar-refractivity contribution in [2.45, 2.75) is 64.8 Å². The molecule has 0 spiro atoms. The highest BCUT2D eigenvalue weighted by Crippen LogP contribution is 2.33. The first-order valence-electron chi connectivity index (χ1n) is 7.38. The van der Waals surface area contributed by atoms with Gasteiger partial charge in [0.15, 0.2) is 5.82 Å². The van der Waals surface area contributed by atoms with E-state index >= 15 is 0 Å². The summed E-state index contributed by atoms with van der Waals surface area (Å²) in [5.74, 6) is 2.50. The second kappa shape index (κ2) is 6.88. The van der Waals surface area contributed by atoms with Crippen molar-refractivity contribution in [2.24, 2.45) is 5.92 Å². The van der Waals surface area contributed by atoms with Gasteiger partial charge in [0.1, 0.15) is 0 Å². The quantitative estimate of drug-likeness (QED) is 0.733. The zero-order valence-corrected chi connectivity index (χ0v) is 11.6. The topological polar surface area (TPSA) is 51.0 Å². The average Bonchev–Trinajstić information content (AvgIpc) is 3.13. The highest BCUT2D eigenvalue weighted by Gasteiger charge is 2.31. The minimum atomic E-state index is 0.532. The third-order valence-electron chi connectivity index (χ3n) is 3.51. The van der Waals surface area contributed by atoms with Crippen LogP contribution in [0.3, 0.4) is 0 Å². The Hall–Kier alpha value is -0.900. The maximum atomic E-state index is 5.35. The van der Waals surface area contributed by atoms with Crippen molar-refractivity contribution < 1.29 is 4.52 Å². The Labute approximate surface area is 110 Å². The summed E-state index contributed by atoms with van der Waals surface area (Å²) in [5.41, 5.74) is 0. The van der Waals surface area contributed by atoms with Gasteiger partial charge in [-0.3, -0.25) is 0 Å². The van der Waals surface area contributed by atoms with Crippen LogP contribution in [-0.4, -0.2) is 22.7 Å². The molecule has 1 aliphatic rings. The fourth-order valence-electron chi connectivity index (χ4n) is 2.23. The number of aryl methyl sites for hydroxylation is 1. The van der Waals surface area contributed by atoms with E-state index in [1.165, 1.54) is 25.7 Å². The highest BCUT2D eigenvalue weighted by molar-refractivity contribution is 4.95. The lowest BCUT2D eigenvalue weighted by atomic mass is 10.1. The minimum Gasteiger partial charge on any atom is -0.339 e. The Morgan fingerprint density at radius 1 is 1.33 bits per heavy atom. The summed E-state index contributed by atoms with van der Waals surface area (Å²) < 4.78 is 5.35. The van der Waals surface area contributed by atoms with Gasteiger partial charge in [0.2, 0.25) is 5.89 Å². The molecule has 1 saturated carbocycles. The van der Waals surface area contributed by atoms with Crippen molar-refractivity contribution in [2.75, 3.05) is 6.54 Å². The van der Waals surface area contributed by atoms with Crippen molar-refractivity contribution >= 4 is 0 Å². The standard InChI is InChI=1S/C14H25N3O/c1-3-5-6-13-16-14(18-17-13)10-12(11-7-8-11)15-9-4-2/h11-12,15H,3-10H2,1-2H3. The predicted octanol–water partition coefficient (Wildman–Crippen LogP) is 2.73. The molecule has 4 nitrogen and oxygen atoms in total. The van der Waals surface area contributed by atoms with E-state index in [1.54, 1.807) is 0 Å². The summed E-state index contributed by atoms with van der Waals surface area (Å²) >= 11 is 0. The molecule has 0 aliphatic heterocycles. The van der Waals surface area contributed by atoms with Crippen LogP contribution in [0.5, 0.6) is 0 Å². The molecule has 1 atom stereocenters. The van der Waals surface area contributed by atoms with Crippen molar-refractivity contribution in [3.8, 4) is 0 Å². The van der Waals surface area contributed by atoms with E-state index in [0.717, 1.165) is 43.4 Å². The molecule has 1 aromatic rings. The molecule has 1 heterocycles. The molecule has 0 bridgehead atoms. The van der Waals surface area contributed by atoms with E-state index in [0.29, 0.717) is 6.04 Å². The van der Waals surface area contributed by atoms with Crippen molar-refractivity contribution in [1.82, 2.24) is 15.5 Å². The molecule has 0 aromatic carbocycles. The van der Waals surface area contributed by atoms with Gasteiger partial charge < -0.3 is 9.84 Å². The van der Waals surface area contributed by atoms with Crippen LogP contribution in [0.2, 0.25) is 0 Å². The molecule has 0 amide bonds. The van der Waals surface area contributed by atoms with Crippen molar-refractivity contribution in [3.63, 3.8) is 0 Å². The van der Waals surface area contributed by atoms with Gasteiger partial charge in [-0.15, -0.1) is 0 Å². The smallest absolute Gasteiger partial charge is 0.228 e. The fourth-order valence-corrected chi connectivity index (χ4v) is 2.23. The molecule has 18 heavy (non-hydrogen) atoms. The predicted molar refractivity (Wildman–Crippen MR) is 71.4 cm³/mol. The van der Waals surface area contributed by atoms with Crippen LogP contribution in [-0.2, 0) is 12.8 Å². The molecule has 1 aliphatic carbocycles. The van der Waals surface area contributed by atoms with E-state index in [-0.39, 0.29) is 0 Å². The highest BCUT2D eigenvalue weighted by atomic mass is 16.5. The Balaban J connectivity index is 1.83. The average molecular weight is 251 g/mol. The lowest BCUT2D eigenvalue weighted by Gasteiger charge is -2.15. The van der Waals surface area contributed by atoms with Crippen LogP contribution < -0.4 is 5.32 Å². The molecule has 1 unspecified atom stereocenters. The molecule has 4 heteroatoms. The normalized spacial score (nSPS) is 17.0. The first-order valence-corrected chi connectivity index (χ1v) is 7.38. The monoisotopic (exact) mass is 251 g/mol. The molecule has 2 rings (SSSR count). The fraction of sp³-hybridized carbons (Fsp3) is 0.857. The molecule has 1 aromatic heterocycles. The summed E-state index contributed by atoms with van der Waals surface area (Å²) in [6.45, 7) is 5.46. The number of nitrogens with one attached hydrogen (secondary N) is 1. The first kappa shape index (κ1) is 13.5. The van der Waals surface area contributed by atoms with Crippen LogP contribution in [0.1, 0.15) is 57.7 Å². The largest absolute Gasteiger partial charge is 0.339 e. The van der Waals surface area contributed by atoms with Crippen molar-refractivity contribution in [1.29, 1.82) is 0 Å². The zero-order chi connectivity index (χ0) is 12.8. The SMILES string of the molecule is CCCCc1noc(CC(NCCC)C2CC2)n1. The van der Waals surface area contributed by atoms with Crippen LogP contribution in [0.4, 0.5) is 0 Å². The molecule has 102 valence electrons. The number of hydrogen-bond donors (Lipinski definition) is 1. The van der Waals surface area contributed by atoms with Gasteiger partial charge in [0.25, 0.3) is 0 Å². The van der Waals surface area contributed by atoms with E-state index < -0.39 is 0 Å². The van der Waals surface area contributed by atoms with Crippen LogP contribution in [0.25, 0.3) is 0 Å². The molecule has 0 radical (unpaired) electrons. The molecular formula is C14H25N3O. The van der Waals surface area contributed by atoms with Gasteiger partial charge in [-0.25, -0.2) is 0 Å². The Kier molecular flexibility index (Phi) is 5.17. The lowest BCUT2D eigenvalue weighted by molar-refractivity contribution is 0.342. The maximum Gasteiger partial charge on any atom is 0.228 e. The van der Waals surface area contributed by atoms with Gasteiger partial charge in [0, 0.05) is 18.9 Å². The summed E-state index contributed by atoms with van der Waals surface area (Å²) in [5, 5.41) is 7.66. The van der Waals surface area contributed by atoms with Crippen LogP contribution >= 0.6 is 0 Å². The number of nitrogens with zero attached hydrogens (tertiary/aromatic N) is 2. The van der Waals surface area contributed by atoms with E-state index in [4.69, 9.17) is 4.52 Å². The Morgan fingerprint density at radius 2 is 2.17 bits per heavy atom. The molecule has 1 fully saturated rings. The number of rotatable bonds is 9. The lowest BCUT2D eigenvalue weighted by Crippen LogP contribution is -2.33. The Morgan fingerprint density at radius 3 is 2.83 bits per heavy atom. The van der Waals surface area contributed by atoms with Gasteiger partial charge in [0.05, 0.1) is 0 Å². The maximum absolute atomic E-state index is 5.35. The van der Waals surface area contributed by atoms with Gasteiger partial charge >= 0.3 is 0 Å². The zero-order valence-electron chi connectivity index (χ0n) is 11.6. The van der Waals surface area contributed by atoms with Crippen LogP contribution in [0.15, 0.2) is 4.52 Å².